The SMILES string of the molecule is CCN(CC)CCSc1ncc(N)cc1C#N. The zero-order chi connectivity index (χ0) is 12.7. The van der Waals surface area contributed by atoms with Crippen LogP contribution in [0.2, 0.25) is 0 Å². The maximum absolute atomic E-state index is 8.97. The summed E-state index contributed by atoms with van der Waals surface area (Å²) in [6, 6.07) is 3.80. The van der Waals surface area contributed by atoms with Crippen LogP contribution in [0, 0.1) is 11.3 Å². The van der Waals surface area contributed by atoms with Crippen LogP contribution in [-0.2, 0) is 0 Å². The monoisotopic (exact) mass is 250 g/mol. The maximum Gasteiger partial charge on any atom is 0.114 e. The summed E-state index contributed by atoms with van der Waals surface area (Å²) in [7, 11) is 0. The molecule has 0 saturated carbocycles. The minimum Gasteiger partial charge on any atom is -0.397 e. The van der Waals surface area contributed by atoms with Crippen molar-refractivity contribution >= 4 is 17.4 Å². The molecule has 1 aromatic heterocycles. The highest BCUT2D eigenvalue weighted by Gasteiger charge is 2.06. The number of pyridine rings is 1. The molecule has 0 aliphatic heterocycles. The molecule has 0 unspecified atom stereocenters. The van der Waals surface area contributed by atoms with E-state index in [9.17, 15) is 0 Å². The van der Waals surface area contributed by atoms with Gasteiger partial charge in [-0.15, -0.1) is 11.8 Å². The number of anilines is 1. The van der Waals surface area contributed by atoms with Gasteiger partial charge in [0.25, 0.3) is 0 Å². The van der Waals surface area contributed by atoms with Crippen molar-refractivity contribution in [3.8, 4) is 6.07 Å². The molecule has 0 spiro atoms. The van der Waals surface area contributed by atoms with Gasteiger partial charge in [-0.05, 0) is 19.2 Å². The number of nitrogens with zero attached hydrogens (tertiary/aromatic N) is 3. The fourth-order valence-electron chi connectivity index (χ4n) is 1.47. The highest BCUT2D eigenvalue weighted by molar-refractivity contribution is 7.99. The number of thioether (sulfide) groups is 1. The summed E-state index contributed by atoms with van der Waals surface area (Å²) < 4.78 is 0. The molecule has 0 bridgehead atoms. The molecular weight excluding hydrogens is 232 g/mol. The molecule has 0 aromatic carbocycles. The van der Waals surface area contributed by atoms with Crippen LogP contribution in [0.1, 0.15) is 19.4 Å². The summed E-state index contributed by atoms with van der Waals surface area (Å²) >= 11 is 1.61. The van der Waals surface area contributed by atoms with Crippen LogP contribution in [0.25, 0.3) is 0 Å². The Morgan fingerprint density at radius 2 is 2.18 bits per heavy atom. The molecule has 0 radical (unpaired) electrons. The molecule has 0 aliphatic rings. The van der Waals surface area contributed by atoms with Crippen LogP contribution in [0.15, 0.2) is 17.3 Å². The normalized spacial score (nSPS) is 10.5. The number of nitrogens with two attached hydrogens (primary N) is 1. The Kier molecular flexibility index (Phi) is 5.81. The van der Waals surface area contributed by atoms with E-state index in [0.29, 0.717) is 11.3 Å². The smallest absolute Gasteiger partial charge is 0.114 e. The zero-order valence-electron chi connectivity index (χ0n) is 10.3. The summed E-state index contributed by atoms with van der Waals surface area (Å²) in [6.07, 6.45) is 1.60. The first-order chi connectivity index (χ1) is 8.21. The Hall–Kier alpha value is -1.25. The van der Waals surface area contributed by atoms with Crippen molar-refractivity contribution in [1.29, 1.82) is 5.26 Å². The molecule has 1 heterocycles. The Morgan fingerprint density at radius 3 is 2.76 bits per heavy atom. The average Bonchev–Trinajstić information content (AvgIpc) is 2.36. The third kappa shape index (κ3) is 4.25. The van der Waals surface area contributed by atoms with Gasteiger partial charge in [0.2, 0.25) is 0 Å². The number of nitriles is 1. The third-order valence-electron chi connectivity index (χ3n) is 2.53. The fraction of sp³-hybridized carbons (Fsp3) is 0.500. The van der Waals surface area contributed by atoms with Crippen molar-refractivity contribution in [3.05, 3.63) is 17.8 Å². The van der Waals surface area contributed by atoms with E-state index in [4.69, 9.17) is 11.0 Å². The van der Waals surface area contributed by atoms with E-state index in [1.165, 1.54) is 0 Å². The van der Waals surface area contributed by atoms with E-state index in [0.717, 1.165) is 30.4 Å². The highest BCUT2D eigenvalue weighted by Crippen LogP contribution is 2.21. The van der Waals surface area contributed by atoms with Gasteiger partial charge in [0.1, 0.15) is 11.1 Å². The summed E-state index contributed by atoms with van der Waals surface area (Å²) in [4.78, 5) is 6.54. The molecule has 92 valence electrons. The third-order valence-corrected chi connectivity index (χ3v) is 3.52. The van der Waals surface area contributed by atoms with Gasteiger partial charge in [0.05, 0.1) is 17.4 Å². The minimum atomic E-state index is 0.537. The van der Waals surface area contributed by atoms with Crippen LogP contribution >= 0.6 is 11.8 Å². The van der Waals surface area contributed by atoms with Crippen molar-refractivity contribution in [1.82, 2.24) is 9.88 Å². The molecular formula is C12H18N4S. The van der Waals surface area contributed by atoms with Gasteiger partial charge in [-0.2, -0.15) is 5.26 Å². The van der Waals surface area contributed by atoms with Crippen molar-refractivity contribution < 1.29 is 0 Å². The number of nitrogen functional groups attached to an aromatic ring is 1. The number of rotatable bonds is 6. The summed E-state index contributed by atoms with van der Waals surface area (Å²) in [6.45, 7) is 7.41. The lowest BCUT2D eigenvalue weighted by Crippen LogP contribution is -2.25. The number of hydrogen-bond acceptors (Lipinski definition) is 5. The van der Waals surface area contributed by atoms with E-state index in [1.807, 2.05) is 0 Å². The molecule has 0 atom stereocenters. The first kappa shape index (κ1) is 13.8. The van der Waals surface area contributed by atoms with Crippen molar-refractivity contribution in [2.45, 2.75) is 18.9 Å². The van der Waals surface area contributed by atoms with Crippen LogP contribution in [0.5, 0.6) is 0 Å². The van der Waals surface area contributed by atoms with E-state index in [2.05, 4.69) is 29.8 Å². The predicted molar refractivity (Wildman–Crippen MR) is 71.9 cm³/mol. The Labute approximate surface area is 107 Å². The van der Waals surface area contributed by atoms with Gasteiger partial charge >= 0.3 is 0 Å². The zero-order valence-corrected chi connectivity index (χ0v) is 11.1. The van der Waals surface area contributed by atoms with Gasteiger partial charge in [-0.3, -0.25) is 0 Å². The molecule has 1 rings (SSSR count). The molecule has 0 aliphatic carbocycles. The molecule has 4 nitrogen and oxygen atoms in total. The molecule has 17 heavy (non-hydrogen) atoms. The molecule has 1 aromatic rings. The predicted octanol–water partition coefficient (Wildman–Crippen LogP) is 1.97. The Morgan fingerprint density at radius 1 is 1.47 bits per heavy atom. The lowest BCUT2D eigenvalue weighted by atomic mass is 10.3. The summed E-state index contributed by atoms with van der Waals surface area (Å²) in [5, 5.41) is 9.75. The highest BCUT2D eigenvalue weighted by atomic mass is 32.2. The first-order valence-electron chi connectivity index (χ1n) is 5.72. The topological polar surface area (TPSA) is 65.9 Å². The van der Waals surface area contributed by atoms with Gasteiger partial charge in [-0.25, -0.2) is 4.98 Å². The first-order valence-corrected chi connectivity index (χ1v) is 6.70. The quantitative estimate of drug-likeness (QED) is 0.782. The van der Waals surface area contributed by atoms with Crippen LogP contribution in [0.4, 0.5) is 5.69 Å². The van der Waals surface area contributed by atoms with E-state index in [1.54, 1.807) is 24.0 Å². The van der Waals surface area contributed by atoms with Crippen molar-refractivity contribution in [3.63, 3.8) is 0 Å². The number of hydrogen-bond donors (Lipinski definition) is 1. The van der Waals surface area contributed by atoms with Crippen molar-refractivity contribution in [2.24, 2.45) is 0 Å². The number of aromatic nitrogens is 1. The van der Waals surface area contributed by atoms with Crippen LogP contribution in [-0.4, -0.2) is 35.3 Å². The molecule has 0 fully saturated rings. The van der Waals surface area contributed by atoms with Crippen LogP contribution < -0.4 is 5.73 Å². The van der Waals surface area contributed by atoms with Crippen LogP contribution in [0.3, 0.4) is 0 Å². The maximum atomic E-state index is 8.97. The van der Waals surface area contributed by atoms with E-state index >= 15 is 0 Å². The standard InChI is InChI=1S/C12H18N4S/c1-3-16(4-2)5-6-17-12-10(8-13)7-11(14)9-15-12/h7,9H,3-6,14H2,1-2H3. The molecule has 0 amide bonds. The Balaban J connectivity index is 2.55. The van der Waals surface area contributed by atoms with Gasteiger partial charge in [0, 0.05) is 12.3 Å². The fourth-order valence-corrected chi connectivity index (χ4v) is 2.40. The van der Waals surface area contributed by atoms with Gasteiger partial charge in [0.15, 0.2) is 0 Å². The molecule has 2 N–H and O–H groups in total. The Bertz CT molecular complexity index is 396. The summed E-state index contributed by atoms with van der Waals surface area (Å²) in [5.74, 6) is 0.938. The van der Waals surface area contributed by atoms with Gasteiger partial charge in [-0.1, -0.05) is 13.8 Å². The lowest BCUT2D eigenvalue weighted by molar-refractivity contribution is 0.324. The second-order valence-electron chi connectivity index (χ2n) is 3.61. The lowest BCUT2D eigenvalue weighted by Gasteiger charge is -2.17. The average molecular weight is 250 g/mol. The van der Waals surface area contributed by atoms with E-state index in [-0.39, 0.29) is 0 Å². The molecule has 0 saturated heterocycles. The van der Waals surface area contributed by atoms with Gasteiger partial charge < -0.3 is 10.6 Å². The second-order valence-corrected chi connectivity index (χ2v) is 4.69. The minimum absolute atomic E-state index is 0.537. The van der Waals surface area contributed by atoms with Crippen molar-refractivity contribution in [2.75, 3.05) is 31.1 Å². The molecule has 5 heteroatoms. The van der Waals surface area contributed by atoms with E-state index < -0.39 is 0 Å². The second kappa shape index (κ2) is 7.15. The summed E-state index contributed by atoms with van der Waals surface area (Å²) in [5.41, 5.74) is 6.69. The largest absolute Gasteiger partial charge is 0.397 e.